The van der Waals surface area contributed by atoms with Crippen LogP contribution < -0.4 is 5.69 Å². The smallest absolute Gasteiger partial charge is 0.410 e. The monoisotopic (exact) mass is 462 g/mol. The van der Waals surface area contributed by atoms with Gasteiger partial charge in [-0.05, 0) is 39.3 Å². The molecule has 0 aliphatic carbocycles. The Morgan fingerprint density at radius 2 is 1.47 bits per heavy atom. The Labute approximate surface area is 198 Å². The van der Waals surface area contributed by atoms with Crippen molar-refractivity contribution < 1.29 is 14.3 Å². The second-order valence-electron chi connectivity index (χ2n) is 9.40. The van der Waals surface area contributed by atoms with Crippen molar-refractivity contribution in [2.45, 2.75) is 33.3 Å². The number of nitrogens with one attached hydrogen (secondary N) is 1. The lowest BCUT2D eigenvalue weighted by molar-refractivity contribution is 0.0140. The molecule has 0 atom stereocenters. The third-order valence-electron chi connectivity index (χ3n) is 5.73. The van der Waals surface area contributed by atoms with E-state index < -0.39 is 5.60 Å². The minimum atomic E-state index is -0.577. The van der Waals surface area contributed by atoms with Crippen LogP contribution in [0.4, 0.5) is 4.79 Å². The van der Waals surface area contributed by atoms with E-state index in [0.29, 0.717) is 31.9 Å². The van der Waals surface area contributed by atoms with Crippen molar-refractivity contribution in [1.29, 1.82) is 0 Å². The van der Waals surface area contributed by atoms with Crippen LogP contribution in [0.1, 0.15) is 36.8 Å². The van der Waals surface area contributed by atoms with E-state index in [1.165, 1.54) is 0 Å². The molecule has 0 radical (unpaired) electrons. The van der Waals surface area contributed by atoms with E-state index in [-0.39, 0.29) is 23.4 Å². The average Bonchev–Trinajstić information content (AvgIpc) is 3.15. The number of benzene rings is 2. The van der Waals surface area contributed by atoms with Crippen LogP contribution in [0.3, 0.4) is 0 Å². The molecule has 8 heteroatoms. The molecule has 4 rings (SSSR count). The highest BCUT2D eigenvalue weighted by Crippen LogP contribution is 2.27. The summed E-state index contributed by atoms with van der Waals surface area (Å²) in [5.74, 6) is -0.271. The van der Waals surface area contributed by atoms with Gasteiger partial charge in [-0.3, -0.25) is 9.36 Å². The third kappa shape index (κ3) is 4.76. The van der Waals surface area contributed by atoms with E-state index in [4.69, 9.17) is 4.74 Å². The predicted molar refractivity (Wildman–Crippen MR) is 130 cm³/mol. The summed E-state index contributed by atoms with van der Waals surface area (Å²) in [6.45, 7) is 8.84. The van der Waals surface area contributed by atoms with Crippen molar-refractivity contribution >= 4 is 12.0 Å². The fourth-order valence-corrected chi connectivity index (χ4v) is 4.08. The number of hydrogen-bond donors (Lipinski definition) is 1. The quantitative estimate of drug-likeness (QED) is 0.641. The van der Waals surface area contributed by atoms with Gasteiger partial charge in [-0.2, -0.15) is 0 Å². The average molecular weight is 463 g/mol. The number of nitrogens with zero attached hydrogens (tertiary/aromatic N) is 3. The van der Waals surface area contributed by atoms with E-state index in [1.54, 1.807) is 14.4 Å². The molecule has 1 aromatic heterocycles. The van der Waals surface area contributed by atoms with Gasteiger partial charge in [0, 0.05) is 31.7 Å². The number of ether oxygens (including phenoxy) is 1. The molecule has 1 N–H and O–H groups in total. The second-order valence-corrected chi connectivity index (χ2v) is 9.40. The fraction of sp³-hybridized carbons (Fsp3) is 0.346. The number of para-hydroxylation sites is 1. The number of H-pyrrole nitrogens is 1. The van der Waals surface area contributed by atoms with E-state index in [2.05, 4.69) is 4.98 Å². The summed E-state index contributed by atoms with van der Waals surface area (Å²) in [5.41, 5.74) is 2.22. The number of imidazole rings is 1. The molecule has 2 aromatic carbocycles. The molecule has 1 fully saturated rings. The van der Waals surface area contributed by atoms with Crippen LogP contribution in [0.25, 0.3) is 16.9 Å². The largest absolute Gasteiger partial charge is 0.444 e. The van der Waals surface area contributed by atoms with Gasteiger partial charge in [0.1, 0.15) is 11.3 Å². The fourth-order valence-electron chi connectivity index (χ4n) is 4.08. The molecule has 3 aromatic rings. The number of piperazine rings is 1. The van der Waals surface area contributed by atoms with Gasteiger partial charge in [0.2, 0.25) is 0 Å². The third-order valence-corrected chi connectivity index (χ3v) is 5.73. The number of carbonyl (C=O) groups is 2. The molecule has 2 heterocycles. The highest BCUT2D eigenvalue weighted by molar-refractivity contribution is 5.98. The van der Waals surface area contributed by atoms with Gasteiger partial charge in [-0.15, -0.1) is 0 Å². The number of aromatic nitrogens is 2. The van der Waals surface area contributed by atoms with Crippen LogP contribution in [0.2, 0.25) is 0 Å². The SMILES string of the molecule is Cc1ccccc1-n1c(-c2ccccc2)c(C(=O)N2CCN(C(=O)OC(C)(C)C)CC2)[nH]c1=O. The maximum absolute atomic E-state index is 13.6. The molecule has 1 saturated heterocycles. The first kappa shape index (κ1) is 23.4. The van der Waals surface area contributed by atoms with Gasteiger partial charge < -0.3 is 19.5 Å². The van der Waals surface area contributed by atoms with Gasteiger partial charge in [0.05, 0.1) is 11.4 Å². The minimum absolute atomic E-state index is 0.241. The summed E-state index contributed by atoms with van der Waals surface area (Å²) in [6.07, 6.45) is -0.385. The Balaban J connectivity index is 1.66. The Hall–Kier alpha value is -3.81. The normalized spacial score (nSPS) is 14.2. The van der Waals surface area contributed by atoms with Crippen molar-refractivity contribution in [1.82, 2.24) is 19.4 Å². The summed E-state index contributed by atoms with van der Waals surface area (Å²) in [4.78, 5) is 45.2. The number of rotatable bonds is 3. The first-order valence-corrected chi connectivity index (χ1v) is 11.4. The molecule has 0 bridgehead atoms. The Morgan fingerprint density at radius 3 is 2.09 bits per heavy atom. The Morgan fingerprint density at radius 1 is 0.882 bits per heavy atom. The zero-order chi connectivity index (χ0) is 24.5. The summed E-state index contributed by atoms with van der Waals surface area (Å²) in [5, 5.41) is 0. The predicted octanol–water partition coefficient (Wildman–Crippen LogP) is 3.83. The molecule has 1 aliphatic heterocycles. The number of aryl methyl sites for hydroxylation is 1. The summed E-state index contributed by atoms with van der Waals surface area (Å²) in [7, 11) is 0. The van der Waals surface area contributed by atoms with E-state index in [0.717, 1.165) is 16.8 Å². The van der Waals surface area contributed by atoms with E-state index in [1.807, 2.05) is 82.3 Å². The van der Waals surface area contributed by atoms with Crippen LogP contribution in [-0.2, 0) is 4.74 Å². The topological polar surface area (TPSA) is 87.6 Å². The van der Waals surface area contributed by atoms with Gasteiger partial charge >= 0.3 is 11.8 Å². The first-order valence-electron chi connectivity index (χ1n) is 11.4. The standard InChI is InChI=1S/C26H30N4O4/c1-18-10-8-9-13-20(18)30-22(19-11-6-5-7-12-19)21(27-24(30)32)23(31)28-14-16-29(17-15-28)25(33)34-26(2,3)4/h5-13H,14-17H2,1-4H3,(H,27,32). The molecule has 2 amide bonds. The number of aromatic amines is 1. The summed E-state index contributed by atoms with van der Waals surface area (Å²) >= 11 is 0. The maximum Gasteiger partial charge on any atom is 0.410 e. The van der Waals surface area contributed by atoms with Crippen LogP contribution in [0.5, 0.6) is 0 Å². The molecular formula is C26H30N4O4. The lowest BCUT2D eigenvalue weighted by atomic mass is 10.1. The number of carbonyl (C=O) groups excluding carboxylic acids is 2. The zero-order valence-corrected chi connectivity index (χ0v) is 20.0. The minimum Gasteiger partial charge on any atom is -0.444 e. The molecular weight excluding hydrogens is 432 g/mol. The van der Waals surface area contributed by atoms with Crippen molar-refractivity contribution in [3.05, 3.63) is 76.3 Å². The first-order chi connectivity index (χ1) is 16.2. The van der Waals surface area contributed by atoms with E-state index in [9.17, 15) is 14.4 Å². The molecule has 0 saturated carbocycles. The molecule has 1 aliphatic rings. The summed E-state index contributed by atoms with van der Waals surface area (Å²) in [6, 6.07) is 17.0. The molecule has 8 nitrogen and oxygen atoms in total. The van der Waals surface area contributed by atoms with E-state index >= 15 is 0 Å². The summed E-state index contributed by atoms with van der Waals surface area (Å²) < 4.78 is 7.01. The molecule has 178 valence electrons. The Bertz CT molecular complexity index is 1250. The number of hydrogen-bond acceptors (Lipinski definition) is 4. The van der Waals surface area contributed by atoms with Crippen LogP contribution in [0, 0.1) is 6.92 Å². The molecule has 34 heavy (non-hydrogen) atoms. The van der Waals surface area contributed by atoms with Crippen LogP contribution in [0.15, 0.2) is 59.4 Å². The van der Waals surface area contributed by atoms with Gasteiger partial charge in [-0.1, -0.05) is 48.5 Å². The van der Waals surface area contributed by atoms with Crippen molar-refractivity contribution in [2.24, 2.45) is 0 Å². The highest BCUT2D eigenvalue weighted by atomic mass is 16.6. The second kappa shape index (κ2) is 9.21. The lowest BCUT2D eigenvalue weighted by Crippen LogP contribution is -2.51. The Kier molecular flexibility index (Phi) is 6.32. The van der Waals surface area contributed by atoms with Crippen LogP contribution in [-0.4, -0.2) is 63.1 Å². The van der Waals surface area contributed by atoms with Crippen LogP contribution >= 0.6 is 0 Å². The van der Waals surface area contributed by atoms with Crippen molar-refractivity contribution in [3.63, 3.8) is 0 Å². The van der Waals surface area contributed by atoms with Crippen molar-refractivity contribution in [3.8, 4) is 16.9 Å². The number of amides is 2. The van der Waals surface area contributed by atoms with Gasteiger partial charge in [0.15, 0.2) is 0 Å². The highest BCUT2D eigenvalue weighted by Gasteiger charge is 2.31. The van der Waals surface area contributed by atoms with Crippen molar-refractivity contribution in [2.75, 3.05) is 26.2 Å². The lowest BCUT2D eigenvalue weighted by Gasteiger charge is -2.35. The molecule has 0 unspecified atom stereocenters. The maximum atomic E-state index is 13.6. The van der Waals surface area contributed by atoms with Gasteiger partial charge in [0.25, 0.3) is 5.91 Å². The molecule has 0 spiro atoms. The van der Waals surface area contributed by atoms with Gasteiger partial charge in [-0.25, -0.2) is 9.59 Å². The zero-order valence-electron chi connectivity index (χ0n) is 20.0.